The summed E-state index contributed by atoms with van der Waals surface area (Å²) in [7, 11) is 1.92. The molecule has 0 bridgehead atoms. The van der Waals surface area contributed by atoms with Gasteiger partial charge in [0.15, 0.2) is 0 Å². The molecule has 1 aromatic carbocycles. The van der Waals surface area contributed by atoms with Crippen molar-refractivity contribution in [3.05, 3.63) is 48.0 Å². The van der Waals surface area contributed by atoms with Crippen LogP contribution < -0.4 is 5.32 Å². The first kappa shape index (κ1) is 14.5. The van der Waals surface area contributed by atoms with E-state index in [-0.39, 0.29) is 5.91 Å². The monoisotopic (exact) mass is 246 g/mol. The van der Waals surface area contributed by atoms with E-state index in [1.54, 1.807) is 11.0 Å². The molecular weight excluding hydrogens is 224 g/mol. The summed E-state index contributed by atoms with van der Waals surface area (Å²) in [4.78, 5) is 14.2. The number of hydrogen-bond donors (Lipinski definition) is 1. The lowest BCUT2D eigenvalue weighted by Gasteiger charge is -2.20. The number of nitrogens with one attached hydrogen (secondary N) is 1. The molecule has 0 aliphatic heterocycles. The first-order valence-corrected chi connectivity index (χ1v) is 6.37. The van der Waals surface area contributed by atoms with Crippen LogP contribution in [0.2, 0.25) is 0 Å². The molecule has 0 heterocycles. The maximum absolute atomic E-state index is 12.4. The smallest absolute Gasteiger partial charge is 0.254 e. The van der Waals surface area contributed by atoms with Crippen LogP contribution in [-0.4, -0.2) is 37.5 Å². The van der Waals surface area contributed by atoms with Crippen LogP contribution in [0.3, 0.4) is 0 Å². The molecule has 0 spiro atoms. The van der Waals surface area contributed by atoms with E-state index < -0.39 is 0 Å². The number of nitrogens with zero attached hydrogens (tertiary/aromatic N) is 1. The second-order valence-electron chi connectivity index (χ2n) is 4.14. The first-order valence-electron chi connectivity index (χ1n) is 6.37. The third kappa shape index (κ3) is 3.70. The highest BCUT2D eigenvalue weighted by Crippen LogP contribution is 2.12. The van der Waals surface area contributed by atoms with E-state index in [9.17, 15) is 4.79 Å². The van der Waals surface area contributed by atoms with Gasteiger partial charge in [0.1, 0.15) is 0 Å². The molecule has 3 heteroatoms. The SMILES string of the molecule is C=CCN(CC)C(=O)c1ccccc1CCNC. The Morgan fingerprint density at radius 2 is 2.17 bits per heavy atom. The van der Waals surface area contributed by atoms with Gasteiger partial charge in [0.25, 0.3) is 5.91 Å². The van der Waals surface area contributed by atoms with Gasteiger partial charge in [-0.15, -0.1) is 6.58 Å². The fourth-order valence-electron chi connectivity index (χ4n) is 1.89. The molecule has 18 heavy (non-hydrogen) atoms. The normalized spacial score (nSPS) is 10.1. The predicted molar refractivity (Wildman–Crippen MR) is 75.8 cm³/mol. The van der Waals surface area contributed by atoms with Gasteiger partial charge >= 0.3 is 0 Å². The van der Waals surface area contributed by atoms with E-state index in [0.29, 0.717) is 13.1 Å². The van der Waals surface area contributed by atoms with Crippen molar-refractivity contribution < 1.29 is 4.79 Å². The lowest BCUT2D eigenvalue weighted by molar-refractivity contribution is 0.0781. The van der Waals surface area contributed by atoms with Gasteiger partial charge in [-0.1, -0.05) is 24.3 Å². The van der Waals surface area contributed by atoms with Crippen LogP contribution in [0.4, 0.5) is 0 Å². The molecule has 1 aromatic rings. The first-order chi connectivity index (χ1) is 8.74. The highest BCUT2D eigenvalue weighted by atomic mass is 16.2. The van der Waals surface area contributed by atoms with Gasteiger partial charge in [0, 0.05) is 18.7 Å². The van der Waals surface area contributed by atoms with Gasteiger partial charge < -0.3 is 10.2 Å². The number of amides is 1. The Morgan fingerprint density at radius 1 is 1.44 bits per heavy atom. The summed E-state index contributed by atoms with van der Waals surface area (Å²) in [6, 6.07) is 7.81. The molecule has 0 saturated heterocycles. The van der Waals surface area contributed by atoms with E-state index in [1.165, 1.54) is 0 Å². The summed E-state index contributed by atoms with van der Waals surface area (Å²) < 4.78 is 0. The second kappa shape index (κ2) is 7.67. The van der Waals surface area contributed by atoms with Crippen molar-refractivity contribution in [2.45, 2.75) is 13.3 Å². The third-order valence-corrected chi connectivity index (χ3v) is 2.91. The molecule has 98 valence electrons. The van der Waals surface area contributed by atoms with Gasteiger partial charge in [-0.25, -0.2) is 0 Å². The predicted octanol–water partition coefficient (Wildman–Crippen LogP) is 2.10. The van der Waals surface area contributed by atoms with Crippen molar-refractivity contribution >= 4 is 5.91 Å². The lowest BCUT2D eigenvalue weighted by atomic mass is 10.0. The summed E-state index contributed by atoms with van der Waals surface area (Å²) in [6.07, 6.45) is 2.63. The quantitative estimate of drug-likeness (QED) is 0.747. The summed E-state index contributed by atoms with van der Waals surface area (Å²) in [5.41, 5.74) is 1.90. The Balaban J connectivity index is 2.92. The van der Waals surface area contributed by atoms with Gasteiger partial charge in [0.2, 0.25) is 0 Å². The fraction of sp³-hybridized carbons (Fsp3) is 0.400. The van der Waals surface area contributed by atoms with E-state index in [4.69, 9.17) is 0 Å². The van der Waals surface area contributed by atoms with Gasteiger partial charge in [-0.3, -0.25) is 4.79 Å². The Hall–Kier alpha value is -1.61. The minimum absolute atomic E-state index is 0.0871. The van der Waals surface area contributed by atoms with E-state index in [0.717, 1.165) is 24.1 Å². The standard InChI is InChI=1S/C15H22N2O/c1-4-12-17(5-2)15(18)14-9-7-6-8-13(14)10-11-16-3/h4,6-9,16H,1,5,10-12H2,2-3H3. The van der Waals surface area contributed by atoms with Crippen molar-refractivity contribution in [2.75, 3.05) is 26.7 Å². The number of carbonyl (C=O) groups is 1. The highest BCUT2D eigenvalue weighted by molar-refractivity contribution is 5.95. The molecule has 0 aliphatic rings. The van der Waals surface area contributed by atoms with Crippen LogP contribution in [0, 0.1) is 0 Å². The van der Waals surface area contributed by atoms with Crippen LogP contribution >= 0.6 is 0 Å². The number of benzene rings is 1. The maximum Gasteiger partial charge on any atom is 0.254 e. The minimum Gasteiger partial charge on any atom is -0.335 e. The van der Waals surface area contributed by atoms with Crippen molar-refractivity contribution in [3.8, 4) is 0 Å². The molecule has 3 nitrogen and oxygen atoms in total. The van der Waals surface area contributed by atoms with Crippen LogP contribution in [-0.2, 0) is 6.42 Å². The summed E-state index contributed by atoms with van der Waals surface area (Å²) in [6.45, 7) is 7.84. The molecule has 0 atom stereocenters. The van der Waals surface area contributed by atoms with Crippen molar-refractivity contribution in [1.82, 2.24) is 10.2 Å². The molecule has 0 aromatic heterocycles. The van der Waals surface area contributed by atoms with Crippen molar-refractivity contribution in [1.29, 1.82) is 0 Å². The average Bonchev–Trinajstić information content (AvgIpc) is 2.42. The van der Waals surface area contributed by atoms with Crippen LogP contribution in [0.1, 0.15) is 22.8 Å². The Kier molecular flexibility index (Phi) is 6.15. The topological polar surface area (TPSA) is 32.3 Å². The zero-order valence-corrected chi connectivity index (χ0v) is 11.3. The second-order valence-corrected chi connectivity index (χ2v) is 4.14. The number of carbonyl (C=O) groups excluding carboxylic acids is 1. The Labute approximate surface area is 109 Å². The molecule has 1 N–H and O–H groups in total. The van der Waals surface area contributed by atoms with E-state index >= 15 is 0 Å². The molecular formula is C15H22N2O. The van der Waals surface area contributed by atoms with Crippen LogP contribution in [0.15, 0.2) is 36.9 Å². The molecule has 1 rings (SSSR count). The van der Waals surface area contributed by atoms with Gasteiger partial charge in [-0.05, 0) is 38.6 Å². The van der Waals surface area contributed by atoms with Crippen molar-refractivity contribution in [3.63, 3.8) is 0 Å². The third-order valence-electron chi connectivity index (χ3n) is 2.91. The van der Waals surface area contributed by atoms with Crippen molar-refractivity contribution in [2.24, 2.45) is 0 Å². The zero-order valence-electron chi connectivity index (χ0n) is 11.3. The average molecular weight is 246 g/mol. The summed E-state index contributed by atoms with van der Waals surface area (Å²) >= 11 is 0. The molecule has 0 aliphatic carbocycles. The lowest BCUT2D eigenvalue weighted by Crippen LogP contribution is -2.31. The fourth-order valence-corrected chi connectivity index (χ4v) is 1.89. The van der Waals surface area contributed by atoms with Crippen LogP contribution in [0.5, 0.6) is 0 Å². The molecule has 0 radical (unpaired) electrons. The number of likely N-dealkylation sites (N-methyl/N-ethyl adjacent to an activating group) is 2. The van der Waals surface area contributed by atoms with Gasteiger partial charge in [0.05, 0.1) is 0 Å². The van der Waals surface area contributed by atoms with E-state index in [1.807, 2.05) is 38.2 Å². The highest BCUT2D eigenvalue weighted by Gasteiger charge is 2.15. The Bertz CT molecular complexity index is 401. The zero-order chi connectivity index (χ0) is 13.4. The molecule has 0 saturated carbocycles. The summed E-state index contributed by atoms with van der Waals surface area (Å²) in [5, 5.41) is 3.11. The molecule has 0 unspecified atom stereocenters. The molecule has 1 amide bonds. The number of rotatable bonds is 7. The van der Waals surface area contributed by atoms with Gasteiger partial charge in [-0.2, -0.15) is 0 Å². The summed E-state index contributed by atoms with van der Waals surface area (Å²) in [5.74, 6) is 0.0871. The number of hydrogen-bond acceptors (Lipinski definition) is 2. The maximum atomic E-state index is 12.4. The minimum atomic E-state index is 0.0871. The van der Waals surface area contributed by atoms with Crippen LogP contribution in [0.25, 0.3) is 0 Å². The largest absolute Gasteiger partial charge is 0.335 e. The Morgan fingerprint density at radius 3 is 2.78 bits per heavy atom. The molecule has 0 fully saturated rings. The van der Waals surface area contributed by atoms with E-state index in [2.05, 4.69) is 11.9 Å².